The molecule has 0 aromatic heterocycles. The first-order chi connectivity index (χ1) is 12.5. The summed E-state index contributed by atoms with van der Waals surface area (Å²) in [6, 6.07) is 13.8. The second kappa shape index (κ2) is 9.66. The molecule has 0 saturated heterocycles. The van der Waals surface area contributed by atoms with Crippen molar-refractivity contribution >= 4 is 51.1 Å². The molecule has 0 atom stereocenters. The molecule has 2 aromatic rings. The number of non-ortho nitro benzene ring substituents is 1. The van der Waals surface area contributed by atoms with E-state index >= 15 is 0 Å². The van der Waals surface area contributed by atoms with Gasteiger partial charge in [-0.15, -0.1) is 17.0 Å². The van der Waals surface area contributed by atoms with E-state index in [9.17, 15) is 14.9 Å². The number of aryl methyl sites for hydroxylation is 1. The molecule has 0 spiro atoms. The Morgan fingerprint density at radius 1 is 1.26 bits per heavy atom. The van der Waals surface area contributed by atoms with Gasteiger partial charge in [-0.05, 0) is 31.0 Å². The van der Waals surface area contributed by atoms with Crippen LogP contribution >= 0.6 is 28.7 Å². The van der Waals surface area contributed by atoms with E-state index < -0.39 is 4.92 Å². The van der Waals surface area contributed by atoms with Gasteiger partial charge in [-0.3, -0.25) is 19.9 Å². The number of benzene rings is 2. The Labute approximate surface area is 172 Å². The minimum Gasteiger partial charge on any atom is -0.313 e. The van der Waals surface area contributed by atoms with Gasteiger partial charge in [0.05, 0.1) is 11.5 Å². The minimum atomic E-state index is -0.490. The molecule has 0 aliphatic carbocycles. The highest BCUT2D eigenvalue weighted by atomic mass is 79.9. The Morgan fingerprint density at radius 2 is 2.04 bits per heavy atom. The number of thioether (sulfide) groups is 1. The Kier molecular flexibility index (Phi) is 7.55. The molecule has 8 heteroatoms. The van der Waals surface area contributed by atoms with E-state index in [4.69, 9.17) is 0 Å². The van der Waals surface area contributed by atoms with Crippen molar-refractivity contribution < 1.29 is 9.72 Å². The molecule has 0 amide bonds. The Balaban J connectivity index is 0.00000261. The van der Waals surface area contributed by atoms with E-state index in [-0.39, 0.29) is 35.0 Å². The molecule has 1 aliphatic heterocycles. The van der Waals surface area contributed by atoms with E-state index in [2.05, 4.69) is 4.99 Å². The van der Waals surface area contributed by atoms with Gasteiger partial charge in [0.2, 0.25) is 0 Å². The zero-order valence-electron chi connectivity index (χ0n) is 14.8. The molecule has 1 aliphatic rings. The van der Waals surface area contributed by atoms with E-state index in [1.165, 1.54) is 18.2 Å². The Bertz CT molecular complexity index is 873. The van der Waals surface area contributed by atoms with Crippen LogP contribution in [0.2, 0.25) is 0 Å². The van der Waals surface area contributed by atoms with Gasteiger partial charge < -0.3 is 4.90 Å². The third-order valence-corrected chi connectivity index (χ3v) is 5.11. The Morgan fingerprint density at radius 3 is 2.70 bits per heavy atom. The SMILES string of the molecule is Br.Cc1cccc(N(CC(=O)c2cccc([N+](=O)[O-])c2)C2=NCCCS2)c1. The standard InChI is InChI=1S/C19H19N3O3S.BrH/c1-14-5-2-7-16(11-14)21(19-20-9-4-10-26-19)13-18(23)15-6-3-8-17(12-15)22(24)25;/h2-3,5-8,11-12H,4,9-10,13H2,1H3;1H. The molecule has 27 heavy (non-hydrogen) atoms. The number of ketones is 1. The van der Waals surface area contributed by atoms with Crippen LogP contribution in [-0.2, 0) is 0 Å². The van der Waals surface area contributed by atoms with Crippen molar-refractivity contribution in [1.29, 1.82) is 0 Å². The molecule has 0 N–H and O–H groups in total. The van der Waals surface area contributed by atoms with Gasteiger partial charge >= 0.3 is 0 Å². The van der Waals surface area contributed by atoms with Crippen LogP contribution in [0.1, 0.15) is 22.3 Å². The predicted molar refractivity (Wildman–Crippen MR) is 116 cm³/mol. The van der Waals surface area contributed by atoms with Gasteiger partial charge in [-0.2, -0.15) is 0 Å². The zero-order valence-corrected chi connectivity index (χ0v) is 17.4. The molecule has 142 valence electrons. The van der Waals surface area contributed by atoms with Crippen molar-refractivity contribution in [3.8, 4) is 0 Å². The molecule has 3 rings (SSSR count). The molecule has 6 nitrogen and oxygen atoms in total. The van der Waals surface area contributed by atoms with Gasteiger partial charge in [-0.25, -0.2) is 0 Å². The zero-order chi connectivity index (χ0) is 18.5. The third kappa shape index (κ3) is 5.40. The summed E-state index contributed by atoms with van der Waals surface area (Å²) in [4.78, 5) is 29.8. The summed E-state index contributed by atoms with van der Waals surface area (Å²) < 4.78 is 0. The molecular formula is C19H20BrN3O3S. The maximum atomic E-state index is 12.8. The fraction of sp³-hybridized carbons (Fsp3) is 0.263. The van der Waals surface area contributed by atoms with Crippen molar-refractivity contribution in [3.63, 3.8) is 0 Å². The lowest BCUT2D eigenvalue weighted by molar-refractivity contribution is -0.384. The first kappa shape index (κ1) is 21.1. The summed E-state index contributed by atoms with van der Waals surface area (Å²) in [6.07, 6.45) is 1.02. The summed E-state index contributed by atoms with van der Waals surface area (Å²) >= 11 is 1.63. The Hall–Kier alpha value is -2.19. The molecule has 0 fully saturated rings. The van der Waals surface area contributed by atoms with Gasteiger partial charge in [0.1, 0.15) is 0 Å². The van der Waals surface area contributed by atoms with Gasteiger partial charge in [0.25, 0.3) is 5.69 Å². The third-order valence-electron chi connectivity index (χ3n) is 4.01. The van der Waals surface area contributed by atoms with Crippen molar-refractivity contribution in [2.75, 3.05) is 23.7 Å². The van der Waals surface area contributed by atoms with Crippen molar-refractivity contribution in [2.45, 2.75) is 13.3 Å². The van der Waals surface area contributed by atoms with Crippen LogP contribution in [-0.4, -0.2) is 34.7 Å². The van der Waals surface area contributed by atoms with Crippen LogP contribution < -0.4 is 4.90 Å². The number of rotatable bonds is 5. The largest absolute Gasteiger partial charge is 0.313 e. The lowest BCUT2D eigenvalue weighted by Gasteiger charge is -2.27. The number of carbonyl (C=O) groups is 1. The highest BCUT2D eigenvalue weighted by Gasteiger charge is 2.21. The van der Waals surface area contributed by atoms with Crippen molar-refractivity contribution in [1.82, 2.24) is 0 Å². The molecule has 1 heterocycles. The van der Waals surface area contributed by atoms with E-state index in [0.29, 0.717) is 5.56 Å². The number of halogens is 1. The number of hydrogen-bond donors (Lipinski definition) is 0. The van der Waals surface area contributed by atoms with Crippen molar-refractivity contribution in [3.05, 3.63) is 69.8 Å². The van der Waals surface area contributed by atoms with E-state index in [1.54, 1.807) is 17.8 Å². The summed E-state index contributed by atoms with van der Waals surface area (Å²) in [5.74, 6) is 0.788. The van der Waals surface area contributed by atoms with Crippen molar-refractivity contribution in [2.24, 2.45) is 4.99 Å². The lowest BCUT2D eigenvalue weighted by Crippen LogP contribution is -2.35. The number of hydrogen-bond acceptors (Lipinski definition) is 6. The molecule has 0 saturated carbocycles. The van der Waals surface area contributed by atoms with Crippen LogP contribution in [0.3, 0.4) is 0 Å². The van der Waals surface area contributed by atoms with E-state index in [0.717, 1.165) is 35.1 Å². The molecule has 0 radical (unpaired) electrons. The second-order valence-corrected chi connectivity index (χ2v) is 7.08. The summed E-state index contributed by atoms with van der Waals surface area (Å²) in [5.41, 5.74) is 2.24. The summed E-state index contributed by atoms with van der Waals surface area (Å²) in [5, 5.41) is 11.8. The number of nitrogens with zero attached hydrogens (tertiary/aromatic N) is 3. The van der Waals surface area contributed by atoms with E-state index in [1.807, 2.05) is 36.1 Å². The maximum Gasteiger partial charge on any atom is 0.270 e. The lowest BCUT2D eigenvalue weighted by atomic mass is 10.1. The smallest absolute Gasteiger partial charge is 0.270 e. The average molecular weight is 450 g/mol. The molecule has 0 bridgehead atoms. The first-order valence-electron chi connectivity index (χ1n) is 8.34. The maximum absolute atomic E-state index is 12.8. The summed E-state index contributed by atoms with van der Waals surface area (Å²) in [6.45, 7) is 2.84. The monoisotopic (exact) mass is 449 g/mol. The number of anilines is 1. The number of amidine groups is 1. The number of Topliss-reactive ketones (excluding diaryl/α,β-unsaturated/α-hetero) is 1. The van der Waals surface area contributed by atoms with Crippen LogP contribution in [0.5, 0.6) is 0 Å². The molecule has 2 aromatic carbocycles. The molecular weight excluding hydrogens is 430 g/mol. The quantitative estimate of drug-likeness (QED) is 0.376. The predicted octanol–water partition coefficient (Wildman–Crippen LogP) is 4.66. The van der Waals surface area contributed by atoms with Gasteiger partial charge in [0.15, 0.2) is 11.0 Å². The minimum absolute atomic E-state index is 0. The number of nitro groups is 1. The normalized spacial score (nSPS) is 13.3. The number of nitro benzene ring substituents is 1. The molecule has 0 unspecified atom stereocenters. The second-order valence-electron chi connectivity index (χ2n) is 6.02. The van der Waals surface area contributed by atoms with Gasteiger partial charge in [-0.1, -0.05) is 36.0 Å². The first-order valence-corrected chi connectivity index (χ1v) is 9.32. The average Bonchev–Trinajstić information content (AvgIpc) is 2.66. The summed E-state index contributed by atoms with van der Waals surface area (Å²) in [7, 11) is 0. The van der Waals surface area contributed by atoms with Crippen LogP contribution in [0.4, 0.5) is 11.4 Å². The fourth-order valence-electron chi connectivity index (χ4n) is 2.70. The fourth-order valence-corrected chi connectivity index (χ4v) is 3.67. The number of carbonyl (C=O) groups excluding carboxylic acids is 1. The van der Waals surface area contributed by atoms with Gasteiger partial charge in [0, 0.05) is 35.7 Å². The number of aliphatic imine (C=N–C) groups is 1. The van der Waals surface area contributed by atoms with Crippen LogP contribution in [0.15, 0.2) is 53.5 Å². The van der Waals surface area contributed by atoms with Crippen LogP contribution in [0.25, 0.3) is 0 Å². The highest BCUT2D eigenvalue weighted by molar-refractivity contribution is 8.93. The van der Waals surface area contributed by atoms with Crippen LogP contribution in [0, 0.1) is 17.0 Å². The topological polar surface area (TPSA) is 75.8 Å². The highest BCUT2D eigenvalue weighted by Crippen LogP contribution is 2.24.